The third-order valence-electron chi connectivity index (χ3n) is 3.04. The van der Waals surface area contributed by atoms with Gasteiger partial charge in [0.1, 0.15) is 13.2 Å². The van der Waals surface area contributed by atoms with Crippen LogP contribution in [0.15, 0.2) is 16.6 Å². The molecule has 0 aliphatic carbocycles. The number of hydrogen-bond donors (Lipinski definition) is 1. The molecule has 1 aromatic carbocycles. The van der Waals surface area contributed by atoms with E-state index >= 15 is 0 Å². The highest BCUT2D eigenvalue weighted by Gasteiger charge is 2.16. The molecule has 0 fully saturated rings. The van der Waals surface area contributed by atoms with Crippen molar-refractivity contribution < 1.29 is 9.47 Å². The number of rotatable bonds is 4. The van der Waals surface area contributed by atoms with E-state index in [2.05, 4.69) is 54.2 Å². The Kier molecular flexibility index (Phi) is 4.74. The highest BCUT2D eigenvalue weighted by Crippen LogP contribution is 2.38. The average molecular weight is 328 g/mol. The molecule has 0 saturated carbocycles. The van der Waals surface area contributed by atoms with Gasteiger partial charge in [0.2, 0.25) is 0 Å². The van der Waals surface area contributed by atoms with Crippen molar-refractivity contribution in [1.82, 2.24) is 5.32 Å². The summed E-state index contributed by atoms with van der Waals surface area (Å²) in [6, 6.07) is 4.15. The fourth-order valence-electron chi connectivity index (χ4n) is 1.96. The third-order valence-corrected chi connectivity index (χ3v) is 3.63. The maximum atomic E-state index is 5.62. The fraction of sp³-hybridized carbons (Fsp3) is 0.600. The lowest BCUT2D eigenvalue weighted by atomic mass is 9.92. The summed E-state index contributed by atoms with van der Waals surface area (Å²) >= 11 is 3.54. The number of fused-ring (bicyclic) bond motifs is 1. The Morgan fingerprint density at radius 1 is 1.21 bits per heavy atom. The molecule has 1 aliphatic heterocycles. The molecular weight excluding hydrogens is 306 g/mol. The molecule has 2 rings (SSSR count). The first-order valence-electron chi connectivity index (χ1n) is 6.74. The van der Waals surface area contributed by atoms with Gasteiger partial charge >= 0.3 is 0 Å². The summed E-state index contributed by atoms with van der Waals surface area (Å²) in [5.41, 5.74) is 1.59. The molecule has 3 nitrogen and oxygen atoms in total. The first kappa shape index (κ1) is 14.7. The van der Waals surface area contributed by atoms with Crippen molar-refractivity contribution in [1.29, 1.82) is 0 Å². The van der Waals surface area contributed by atoms with Gasteiger partial charge < -0.3 is 14.8 Å². The highest BCUT2D eigenvalue weighted by molar-refractivity contribution is 9.10. The maximum absolute atomic E-state index is 5.62. The summed E-state index contributed by atoms with van der Waals surface area (Å²) in [5.74, 6) is 1.66. The third kappa shape index (κ3) is 4.39. The Balaban J connectivity index is 1.92. The Bertz CT molecular complexity index is 441. The van der Waals surface area contributed by atoms with Gasteiger partial charge in [0.15, 0.2) is 11.5 Å². The summed E-state index contributed by atoms with van der Waals surface area (Å²) in [6.45, 7) is 9.90. The van der Waals surface area contributed by atoms with Gasteiger partial charge in [0.25, 0.3) is 0 Å². The normalized spacial score (nSPS) is 14.5. The van der Waals surface area contributed by atoms with Crippen molar-refractivity contribution in [3.8, 4) is 11.5 Å². The molecule has 1 aliphatic rings. The molecule has 0 amide bonds. The van der Waals surface area contributed by atoms with Crippen molar-refractivity contribution in [3.05, 3.63) is 22.2 Å². The van der Waals surface area contributed by atoms with Crippen LogP contribution in [0.4, 0.5) is 0 Å². The van der Waals surface area contributed by atoms with Crippen LogP contribution in [0, 0.1) is 5.41 Å². The zero-order valence-corrected chi connectivity index (χ0v) is 13.5. The van der Waals surface area contributed by atoms with Crippen LogP contribution in [0.5, 0.6) is 11.5 Å². The van der Waals surface area contributed by atoms with E-state index in [0.717, 1.165) is 29.1 Å². The molecule has 0 spiro atoms. The van der Waals surface area contributed by atoms with E-state index in [1.807, 2.05) is 0 Å². The lowest BCUT2D eigenvalue weighted by Crippen LogP contribution is -2.20. The van der Waals surface area contributed by atoms with Crippen LogP contribution in [0.25, 0.3) is 0 Å². The van der Waals surface area contributed by atoms with Gasteiger partial charge in [-0.1, -0.05) is 20.8 Å². The van der Waals surface area contributed by atoms with Crippen molar-refractivity contribution in [2.24, 2.45) is 5.41 Å². The summed E-state index contributed by atoms with van der Waals surface area (Å²) in [7, 11) is 0. The number of nitrogens with one attached hydrogen (secondary N) is 1. The zero-order valence-electron chi connectivity index (χ0n) is 11.9. The van der Waals surface area contributed by atoms with Crippen molar-refractivity contribution in [2.45, 2.75) is 33.7 Å². The molecule has 0 aromatic heterocycles. The van der Waals surface area contributed by atoms with Crippen LogP contribution < -0.4 is 14.8 Å². The summed E-state index contributed by atoms with van der Waals surface area (Å²) in [4.78, 5) is 0. The monoisotopic (exact) mass is 327 g/mol. The lowest BCUT2D eigenvalue weighted by molar-refractivity contribution is 0.170. The van der Waals surface area contributed by atoms with Gasteiger partial charge in [-0.05, 0) is 52.0 Å². The van der Waals surface area contributed by atoms with Crippen LogP contribution in [-0.2, 0) is 6.54 Å². The first-order valence-corrected chi connectivity index (χ1v) is 7.54. The van der Waals surface area contributed by atoms with E-state index in [9.17, 15) is 0 Å². The minimum absolute atomic E-state index is 0.375. The van der Waals surface area contributed by atoms with E-state index in [-0.39, 0.29) is 0 Å². The summed E-state index contributed by atoms with van der Waals surface area (Å²) < 4.78 is 12.2. The Labute approximate surface area is 123 Å². The molecule has 0 unspecified atom stereocenters. The van der Waals surface area contributed by atoms with E-state index in [1.54, 1.807) is 0 Å². The molecule has 106 valence electrons. The van der Waals surface area contributed by atoms with E-state index in [1.165, 1.54) is 12.0 Å². The van der Waals surface area contributed by atoms with Gasteiger partial charge in [-0.15, -0.1) is 0 Å². The van der Waals surface area contributed by atoms with Gasteiger partial charge in [-0.2, -0.15) is 0 Å². The van der Waals surface area contributed by atoms with Crippen LogP contribution >= 0.6 is 15.9 Å². The zero-order chi connectivity index (χ0) is 13.9. The topological polar surface area (TPSA) is 30.5 Å². The van der Waals surface area contributed by atoms with Gasteiger partial charge in [0, 0.05) is 6.54 Å². The van der Waals surface area contributed by atoms with Crippen molar-refractivity contribution in [3.63, 3.8) is 0 Å². The van der Waals surface area contributed by atoms with Gasteiger partial charge in [-0.25, -0.2) is 0 Å². The van der Waals surface area contributed by atoms with Crippen LogP contribution in [0.3, 0.4) is 0 Å². The molecule has 0 saturated heterocycles. The quantitative estimate of drug-likeness (QED) is 0.854. The molecule has 1 N–H and O–H groups in total. The molecule has 0 bridgehead atoms. The fourth-order valence-corrected chi connectivity index (χ4v) is 2.57. The van der Waals surface area contributed by atoms with E-state index < -0.39 is 0 Å². The molecule has 19 heavy (non-hydrogen) atoms. The van der Waals surface area contributed by atoms with E-state index in [4.69, 9.17) is 9.47 Å². The summed E-state index contributed by atoms with van der Waals surface area (Å²) in [5, 5.41) is 3.48. The molecule has 4 heteroatoms. The largest absolute Gasteiger partial charge is 0.486 e. The van der Waals surface area contributed by atoms with E-state index in [0.29, 0.717) is 18.6 Å². The highest BCUT2D eigenvalue weighted by atomic mass is 79.9. The van der Waals surface area contributed by atoms with Gasteiger partial charge in [0.05, 0.1) is 4.47 Å². The first-order chi connectivity index (χ1) is 8.96. The molecule has 1 aromatic rings. The maximum Gasteiger partial charge on any atom is 0.175 e. The van der Waals surface area contributed by atoms with Crippen molar-refractivity contribution in [2.75, 3.05) is 19.8 Å². The second-order valence-corrected chi connectivity index (χ2v) is 6.94. The predicted octanol–water partition coefficient (Wildman–Crippen LogP) is 3.75. The number of halogens is 1. The predicted molar refractivity (Wildman–Crippen MR) is 80.9 cm³/mol. The molecule has 0 atom stereocenters. The second kappa shape index (κ2) is 6.14. The standard InChI is InChI=1S/C15H22BrNO2/c1-15(2,3)4-5-17-10-11-8-12(16)14-13(9-11)18-6-7-19-14/h8-9,17H,4-7,10H2,1-3H3. The second-order valence-electron chi connectivity index (χ2n) is 6.09. The van der Waals surface area contributed by atoms with Crippen LogP contribution in [-0.4, -0.2) is 19.8 Å². The Morgan fingerprint density at radius 3 is 2.68 bits per heavy atom. The smallest absolute Gasteiger partial charge is 0.175 e. The number of hydrogen-bond acceptors (Lipinski definition) is 3. The van der Waals surface area contributed by atoms with Crippen LogP contribution in [0.2, 0.25) is 0 Å². The average Bonchev–Trinajstić information content (AvgIpc) is 2.34. The number of benzene rings is 1. The van der Waals surface area contributed by atoms with Crippen LogP contribution in [0.1, 0.15) is 32.8 Å². The minimum atomic E-state index is 0.375. The molecule has 1 heterocycles. The Morgan fingerprint density at radius 2 is 1.95 bits per heavy atom. The van der Waals surface area contributed by atoms with Crippen molar-refractivity contribution >= 4 is 15.9 Å². The SMILES string of the molecule is CC(C)(C)CCNCc1cc(Br)c2c(c1)OCCO2. The molecular formula is C15H22BrNO2. The molecule has 0 radical (unpaired) electrons. The summed E-state index contributed by atoms with van der Waals surface area (Å²) in [6.07, 6.45) is 1.17. The minimum Gasteiger partial charge on any atom is -0.486 e. The number of ether oxygens (including phenoxy) is 2. The lowest BCUT2D eigenvalue weighted by Gasteiger charge is -2.21. The Hall–Kier alpha value is -0.740. The van der Waals surface area contributed by atoms with Gasteiger partial charge in [-0.3, -0.25) is 0 Å².